The molecular formula is C15H25FN4O3. The standard InChI is InChI=1S/C15H25FN4O3/c16-9-4-6-13-12-20(19-18-13)11-5-7-14(21)17-10-3-1-2-8-15(22)23/h12H,1-11H2,(H,17,21)(H,22,23). The van der Waals surface area contributed by atoms with E-state index in [-0.39, 0.29) is 19.0 Å². The molecule has 0 bridgehead atoms. The van der Waals surface area contributed by atoms with E-state index >= 15 is 0 Å². The number of nitrogens with zero attached hydrogens (tertiary/aromatic N) is 3. The van der Waals surface area contributed by atoms with Crippen LogP contribution in [-0.2, 0) is 22.6 Å². The average Bonchev–Trinajstić information content (AvgIpc) is 2.96. The molecule has 7 nitrogen and oxygen atoms in total. The first kappa shape index (κ1) is 19.1. The van der Waals surface area contributed by atoms with Crippen LogP contribution in [0.15, 0.2) is 6.20 Å². The van der Waals surface area contributed by atoms with Gasteiger partial charge in [-0.05, 0) is 32.1 Å². The fourth-order valence-corrected chi connectivity index (χ4v) is 2.11. The summed E-state index contributed by atoms with van der Waals surface area (Å²) in [4.78, 5) is 22.0. The number of aryl methyl sites for hydroxylation is 2. The fourth-order valence-electron chi connectivity index (χ4n) is 2.11. The summed E-state index contributed by atoms with van der Waals surface area (Å²) in [6, 6.07) is 0. The van der Waals surface area contributed by atoms with Crippen LogP contribution in [0.25, 0.3) is 0 Å². The number of carboxylic acid groups (broad SMARTS) is 1. The summed E-state index contributed by atoms with van der Waals surface area (Å²) in [5, 5.41) is 19.2. The summed E-state index contributed by atoms with van der Waals surface area (Å²) in [5.41, 5.74) is 0.772. The number of carbonyl (C=O) groups excluding carboxylic acids is 1. The SMILES string of the molecule is O=C(O)CCCCCNC(=O)CCCn1cc(CCCF)nn1. The minimum Gasteiger partial charge on any atom is -0.481 e. The van der Waals surface area contributed by atoms with E-state index in [1.54, 1.807) is 10.9 Å². The first-order valence-electron chi connectivity index (χ1n) is 8.05. The fraction of sp³-hybridized carbons (Fsp3) is 0.733. The molecule has 0 aliphatic carbocycles. The van der Waals surface area contributed by atoms with Gasteiger partial charge in [-0.25, -0.2) is 0 Å². The van der Waals surface area contributed by atoms with Gasteiger partial charge in [-0.1, -0.05) is 11.6 Å². The number of carboxylic acids is 1. The molecule has 8 heteroatoms. The Hall–Kier alpha value is -1.99. The van der Waals surface area contributed by atoms with Crippen LogP contribution < -0.4 is 5.32 Å². The van der Waals surface area contributed by atoms with Gasteiger partial charge in [0.25, 0.3) is 0 Å². The summed E-state index contributed by atoms with van der Waals surface area (Å²) in [7, 11) is 0. The highest BCUT2D eigenvalue weighted by Crippen LogP contribution is 2.01. The van der Waals surface area contributed by atoms with Crippen LogP contribution in [0.5, 0.6) is 0 Å². The Morgan fingerprint density at radius 3 is 2.74 bits per heavy atom. The first-order valence-corrected chi connectivity index (χ1v) is 8.05. The third-order valence-corrected chi connectivity index (χ3v) is 3.33. The molecule has 0 spiro atoms. The van der Waals surface area contributed by atoms with Gasteiger partial charge in [0, 0.05) is 32.1 Å². The zero-order valence-corrected chi connectivity index (χ0v) is 13.3. The van der Waals surface area contributed by atoms with E-state index < -0.39 is 5.97 Å². The number of carbonyl (C=O) groups is 2. The Bertz CT molecular complexity index is 479. The van der Waals surface area contributed by atoms with Gasteiger partial charge in [0.15, 0.2) is 0 Å². The summed E-state index contributed by atoms with van der Waals surface area (Å²) in [5.74, 6) is -0.795. The lowest BCUT2D eigenvalue weighted by molar-refractivity contribution is -0.137. The number of unbranched alkanes of at least 4 members (excludes halogenated alkanes) is 2. The lowest BCUT2D eigenvalue weighted by Crippen LogP contribution is -2.24. The number of hydrogen-bond donors (Lipinski definition) is 2. The third kappa shape index (κ3) is 9.59. The van der Waals surface area contributed by atoms with Crippen molar-refractivity contribution in [2.45, 2.75) is 57.9 Å². The van der Waals surface area contributed by atoms with E-state index in [9.17, 15) is 14.0 Å². The van der Waals surface area contributed by atoms with Crippen LogP contribution in [-0.4, -0.2) is 45.2 Å². The molecule has 130 valence electrons. The molecule has 23 heavy (non-hydrogen) atoms. The van der Waals surface area contributed by atoms with Crippen molar-refractivity contribution >= 4 is 11.9 Å². The Morgan fingerprint density at radius 2 is 2.00 bits per heavy atom. The van der Waals surface area contributed by atoms with Gasteiger partial charge in [-0.15, -0.1) is 5.10 Å². The highest BCUT2D eigenvalue weighted by atomic mass is 19.1. The molecule has 1 aromatic heterocycles. The molecule has 0 atom stereocenters. The maximum absolute atomic E-state index is 12.1. The molecule has 0 aromatic carbocycles. The third-order valence-electron chi connectivity index (χ3n) is 3.33. The Morgan fingerprint density at radius 1 is 1.17 bits per heavy atom. The maximum Gasteiger partial charge on any atom is 0.303 e. The van der Waals surface area contributed by atoms with Crippen LogP contribution in [0.3, 0.4) is 0 Å². The highest BCUT2D eigenvalue weighted by Gasteiger charge is 2.04. The monoisotopic (exact) mass is 328 g/mol. The molecule has 0 unspecified atom stereocenters. The zero-order chi connectivity index (χ0) is 16.9. The first-order chi connectivity index (χ1) is 11.1. The molecule has 0 radical (unpaired) electrons. The van der Waals surface area contributed by atoms with Gasteiger partial charge in [0.05, 0.1) is 12.4 Å². The number of hydrogen-bond acceptors (Lipinski definition) is 4. The van der Waals surface area contributed by atoms with Crippen LogP contribution in [0.2, 0.25) is 0 Å². The van der Waals surface area contributed by atoms with Crippen LogP contribution in [0.1, 0.15) is 50.6 Å². The maximum atomic E-state index is 12.1. The van der Waals surface area contributed by atoms with E-state index in [2.05, 4.69) is 15.6 Å². The summed E-state index contributed by atoms with van der Waals surface area (Å²) in [6.45, 7) is 0.827. The van der Waals surface area contributed by atoms with E-state index in [1.165, 1.54) is 0 Å². The van der Waals surface area contributed by atoms with Crippen molar-refractivity contribution in [1.82, 2.24) is 20.3 Å². The van der Waals surface area contributed by atoms with Crippen LogP contribution >= 0.6 is 0 Å². The second-order valence-electron chi connectivity index (χ2n) is 5.42. The van der Waals surface area contributed by atoms with Gasteiger partial charge >= 0.3 is 5.97 Å². The number of aromatic nitrogens is 3. The van der Waals surface area contributed by atoms with Crippen molar-refractivity contribution in [3.63, 3.8) is 0 Å². The molecule has 0 aliphatic rings. The van der Waals surface area contributed by atoms with Crippen molar-refractivity contribution < 1.29 is 19.1 Å². The highest BCUT2D eigenvalue weighted by molar-refractivity contribution is 5.75. The number of amides is 1. The predicted octanol–water partition coefficient (Wildman–Crippen LogP) is 1.72. The van der Waals surface area contributed by atoms with E-state index in [4.69, 9.17) is 5.11 Å². The molecule has 1 amide bonds. The van der Waals surface area contributed by atoms with E-state index in [0.29, 0.717) is 45.2 Å². The summed E-state index contributed by atoms with van der Waals surface area (Å²) < 4.78 is 13.7. The molecule has 0 saturated heterocycles. The Kier molecular flexibility index (Phi) is 9.58. The molecule has 0 saturated carbocycles. The van der Waals surface area contributed by atoms with Crippen molar-refractivity contribution in [2.75, 3.05) is 13.2 Å². The van der Waals surface area contributed by atoms with Gasteiger partial charge in [0.1, 0.15) is 0 Å². The van der Waals surface area contributed by atoms with E-state index in [1.807, 2.05) is 0 Å². The van der Waals surface area contributed by atoms with Gasteiger partial charge in [-0.2, -0.15) is 0 Å². The zero-order valence-electron chi connectivity index (χ0n) is 13.3. The quantitative estimate of drug-likeness (QED) is 0.537. The van der Waals surface area contributed by atoms with E-state index in [0.717, 1.165) is 18.5 Å². The number of alkyl halides is 1. The Balaban J connectivity index is 2.03. The number of aliphatic carboxylic acids is 1. The molecule has 2 N–H and O–H groups in total. The second kappa shape index (κ2) is 11.6. The van der Waals surface area contributed by atoms with Crippen LogP contribution in [0.4, 0.5) is 4.39 Å². The molecule has 0 fully saturated rings. The smallest absolute Gasteiger partial charge is 0.303 e. The predicted molar refractivity (Wildman–Crippen MR) is 82.7 cm³/mol. The minimum atomic E-state index is -0.782. The summed E-state index contributed by atoms with van der Waals surface area (Å²) in [6.07, 6.45) is 6.31. The van der Waals surface area contributed by atoms with Crippen LogP contribution in [0, 0.1) is 0 Å². The topological polar surface area (TPSA) is 97.1 Å². The molecule has 0 aliphatic heterocycles. The largest absolute Gasteiger partial charge is 0.481 e. The van der Waals surface area contributed by atoms with Crippen molar-refractivity contribution in [3.8, 4) is 0 Å². The molecular weight excluding hydrogens is 303 g/mol. The molecule has 1 rings (SSSR count). The average molecular weight is 328 g/mol. The number of nitrogens with one attached hydrogen (secondary N) is 1. The Labute approximate surface area is 135 Å². The lowest BCUT2D eigenvalue weighted by atomic mass is 10.2. The summed E-state index contributed by atoms with van der Waals surface area (Å²) >= 11 is 0. The molecule has 1 aromatic rings. The van der Waals surface area contributed by atoms with Crippen molar-refractivity contribution in [2.24, 2.45) is 0 Å². The van der Waals surface area contributed by atoms with Gasteiger partial charge in [0.2, 0.25) is 5.91 Å². The van der Waals surface area contributed by atoms with Crippen molar-refractivity contribution in [1.29, 1.82) is 0 Å². The minimum absolute atomic E-state index is 0.0130. The second-order valence-corrected chi connectivity index (χ2v) is 5.42. The van der Waals surface area contributed by atoms with Gasteiger partial charge in [-0.3, -0.25) is 18.7 Å². The molecule has 1 heterocycles. The lowest BCUT2D eigenvalue weighted by Gasteiger charge is -2.05. The van der Waals surface area contributed by atoms with Gasteiger partial charge < -0.3 is 10.4 Å². The normalized spacial score (nSPS) is 10.7. The number of halogens is 1. The number of rotatable bonds is 13. The van der Waals surface area contributed by atoms with Crippen molar-refractivity contribution in [3.05, 3.63) is 11.9 Å².